The molecule has 1 aromatic rings. The van der Waals surface area contributed by atoms with Gasteiger partial charge in [-0.2, -0.15) is 4.98 Å². The molecular formula is C17H30N4. The second-order valence-electron chi connectivity index (χ2n) is 6.32. The van der Waals surface area contributed by atoms with Crippen molar-refractivity contribution in [3.8, 4) is 0 Å². The van der Waals surface area contributed by atoms with Gasteiger partial charge in [0.25, 0.3) is 0 Å². The Labute approximate surface area is 129 Å². The lowest BCUT2D eigenvalue weighted by Crippen LogP contribution is -2.36. The van der Waals surface area contributed by atoms with Crippen LogP contribution < -0.4 is 10.2 Å². The van der Waals surface area contributed by atoms with E-state index in [0.717, 1.165) is 36.2 Å². The van der Waals surface area contributed by atoms with Crippen LogP contribution >= 0.6 is 0 Å². The number of rotatable bonds is 6. The molecule has 1 aliphatic rings. The minimum absolute atomic E-state index is 0.625. The second-order valence-corrected chi connectivity index (χ2v) is 6.32. The molecule has 0 spiro atoms. The highest BCUT2D eigenvalue weighted by Crippen LogP contribution is 2.31. The van der Waals surface area contributed by atoms with Crippen LogP contribution in [0.3, 0.4) is 0 Å². The van der Waals surface area contributed by atoms with Crippen molar-refractivity contribution in [1.29, 1.82) is 0 Å². The van der Waals surface area contributed by atoms with Gasteiger partial charge in [-0.1, -0.05) is 20.3 Å². The first kappa shape index (κ1) is 16.1. The average Bonchev–Trinajstić information content (AvgIpc) is 2.53. The quantitative estimate of drug-likeness (QED) is 0.859. The van der Waals surface area contributed by atoms with Gasteiger partial charge < -0.3 is 10.2 Å². The molecule has 0 atom stereocenters. The van der Waals surface area contributed by atoms with Crippen molar-refractivity contribution >= 4 is 11.8 Å². The van der Waals surface area contributed by atoms with Crippen molar-refractivity contribution in [1.82, 2.24) is 9.97 Å². The highest BCUT2D eigenvalue weighted by atomic mass is 15.2. The molecule has 1 aromatic heterocycles. The van der Waals surface area contributed by atoms with Gasteiger partial charge in [-0.15, -0.1) is 0 Å². The maximum atomic E-state index is 4.73. The zero-order valence-corrected chi connectivity index (χ0v) is 14.0. The molecule has 1 aliphatic carbocycles. The van der Waals surface area contributed by atoms with E-state index in [4.69, 9.17) is 4.98 Å². The van der Waals surface area contributed by atoms with Crippen LogP contribution in [-0.2, 0) is 0 Å². The first-order valence-electron chi connectivity index (χ1n) is 8.46. The lowest BCUT2D eigenvalue weighted by molar-refractivity contribution is 0.312. The van der Waals surface area contributed by atoms with Crippen molar-refractivity contribution in [2.24, 2.45) is 5.92 Å². The largest absolute Gasteiger partial charge is 0.356 e. The summed E-state index contributed by atoms with van der Waals surface area (Å²) in [7, 11) is 2.19. The summed E-state index contributed by atoms with van der Waals surface area (Å²) in [5.41, 5.74) is 1.16. The standard InChI is InChI=1S/C17H30N4/c1-5-11-18-17-19-12-13(3)16(20-17)21(4)15-9-7-14(6-2)8-10-15/h12,14-15H,5-11H2,1-4H3,(H,18,19,20). The Morgan fingerprint density at radius 2 is 1.95 bits per heavy atom. The molecule has 1 saturated carbocycles. The van der Waals surface area contributed by atoms with Crippen LogP contribution in [-0.4, -0.2) is 29.6 Å². The highest BCUT2D eigenvalue weighted by Gasteiger charge is 2.24. The summed E-state index contributed by atoms with van der Waals surface area (Å²) in [6.45, 7) is 7.50. The Balaban J connectivity index is 2.05. The molecule has 1 N–H and O–H groups in total. The molecule has 4 heteroatoms. The normalized spacial score (nSPS) is 22.1. The summed E-state index contributed by atoms with van der Waals surface area (Å²) < 4.78 is 0. The van der Waals surface area contributed by atoms with Gasteiger partial charge in [0.2, 0.25) is 5.95 Å². The number of aromatic nitrogens is 2. The molecule has 0 amide bonds. The van der Waals surface area contributed by atoms with Crippen molar-refractivity contribution in [2.45, 2.75) is 65.3 Å². The maximum Gasteiger partial charge on any atom is 0.224 e. The van der Waals surface area contributed by atoms with Gasteiger partial charge in [-0.3, -0.25) is 0 Å². The van der Waals surface area contributed by atoms with Gasteiger partial charge in [0.15, 0.2) is 0 Å². The van der Waals surface area contributed by atoms with E-state index in [9.17, 15) is 0 Å². The van der Waals surface area contributed by atoms with E-state index < -0.39 is 0 Å². The van der Waals surface area contributed by atoms with Crippen LogP contribution in [0.25, 0.3) is 0 Å². The molecule has 1 fully saturated rings. The molecule has 4 nitrogen and oxygen atoms in total. The van der Waals surface area contributed by atoms with Crippen molar-refractivity contribution in [2.75, 3.05) is 23.8 Å². The Bertz CT molecular complexity index is 438. The van der Waals surface area contributed by atoms with Gasteiger partial charge in [0.1, 0.15) is 5.82 Å². The molecule has 0 unspecified atom stereocenters. The zero-order valence-electron chi connectivity index (χ0n) is 14.0. The van der Waals surface area contributed by atoms with Crippen LogP contribution in [0.15, 0.2) is 6.20 Å². The molecule has 0 aromatic carbocycles. The minimum Gasteiger partial charge on any atom is -0.356 e. The van der Waals surface area contributed by atoms with E-state index >= 15 is 0 Å². The van der Waals surface area contributed by atoms with Crippen molar-refractivity contribution < 1.29 is 0 Å². The van der Waals surface area contributed by atoms with Crippen LogP contribution in [0.2, 0.25) is 0 Å². The fraction of sp³-hybridized carbons (Fsp3) is 0.765. The van der Waals surface area contributed by atoms with E-state index in [1.54, 1.807) is 0 Å². The number of anilines is 2. The van der Waals surface area contributed by atoms with Crippen LogP contribution in [0.1, 0.15) is 57.9 Å². The molecule has 0 radical (unpaired) electrons. The molecule has 0 saturated heterocycles. The number of hydrogen-bond acceptors (Lipinski definition) is 4. The van der Waals surface area contributed by atoms with Gasteiger partial charge in [0.05, 0.1) is 0 Å². The highest BCUT2D eigenvalue weighted by molar-refractivity contribution is 5.49. The van der Waals surface area contributed by atoms with Gasteiger partial charge >= 0.3 is 0 Å². The number of hydrogen-bond donors (Lipinski definition) is 1. The van der Waals surface area contributed by atoms with Crippen LogP contribution in [0.4, 0.5) is 11.8 Å². The molecule has 1 heterocycles. The molecular weight excluding hydrogens is 260 g/mol. The minimum atomic E-state index is 0.625. The van der Waals surface area contributed by atoms with E-state index in [1.165, 1.54) is 32.1 Å². The summed E-state index contributed by atoms with van der Waals surface area (Å²) in [5, 5.41) is 3.29. The monoisotopic (exact) mass is 290 g/mol. The summed E-state index contributed by atoms with van der Waals surface area (Å²) >= 11 is 0. The second kappa shape index (κ2) is 7.62. The van der Waals surface area contributed by atoms with E-state index in [-0.39, 0.29) is 0 Å². The average molecular weight is 290 g/mol. The third kappa shape index (κ3) is 4.08. The van der Waals surface area contributed by atoms with E-state index in [2.05, 4.69) is 43.0 Å². The maximum absolute atomic E-state index is 4.73. The predicted molar refractivity (Wildman–Crippen MR) is 90.0 cm³/mol. The predicted octanol–water partition coefficient (Wildman–Crippen LogP) is 4.01. The molecule has 2 rings (SSSR count). The SMILES string of the molecule is CCCNc1ncc(C)c(N(C)C2CCC(CC)CC2)n1. The number of aryl methyl sites for hydroxylation is 1. The lowest BCUT2D eigenvalue weighted by Gasteiger charge is -2.35. The van der Waals surface area contributed by atoms with Gasteiger partial charge in [-0.25, -0.2) is 4.98 Å². The lowest BCUT2D eigenvalue weighted by atomic mass is 9.84. The summed E-state index contributed by atoms with van der Waals surface area (Å²) in [6, 6.07) is 0.625. The molecule has 0 aliphatic heterocycles. The fourth-order valence-corrected chi connectivity index (χ4v) is 3.23. The smallest absolute Gasteiger partial charge is 0.224 e. The summed E-state index contributed by atoms with van der Waals surface area (Å²) in [4.78, 5) is 11.5. The van der Waals surface area contributed by atoms with Gasteiger partial charge in [0, 0.05) is 31.4 Å². The third-order valence-corrected chi connectivity index (χ3v) is 4.75. The van der Waals surface area contributed by atoms with Crippen LogP contribution in [0, 0.1) is 12.8 Å². The fourth-order valence-electron chi connectivity index (χ4n) is 3.23. The summed E-state index contributed by atoms with van der Waals surface area (Å²) in [5.74, 6) is 2.78. The first-order chi connectivity index (χ1) is 10.2. The van der Waals surface area contributed by atoms with E-state index in [0.29, 0.717) is 6.04 Å². The summed E-state index contributed by atoms with van der Waals surface area (Å²) in [6.07, 6.45) is 9.64. The Hall–Kier alpha value is -1.32. The van der Waals surface area contributed by atoms with Crippen molar-refractivity contribution in [3.63, 3.8) is 0 Å². The zero-order chi connectivity index (χ0) is 15.2. The van der Waals surface area contributed by atoms with Crippen LogP contribution in [0.5, 0.6) is 0 Å². The van der Waals surface area contributed by atoms with Gasteiger partial charge in [-0.05, 0) is 44.9 Å². The number of nitrogens with zero attached hydrogens (tertiary/aromatic N) is 3. The molecule has 0 bridgehead atoms. The molecule has 118 valence electrons. The van der Waals surface area contributed by atoms with Crippen molar-refractivity contribution in [3.05, 3.63) is 11.8 Å². The first-order valence-corrected chi connectivity index (χ1v) is 8.46. The Morgan fingerprint density at radius 1 is 1.24 bits per heavy atom. The Morgan fingerprint density at radius 3 is 2.57 bits per heavy atom. The topological polar surface area (TPSA) is 41.1 Å². The van der Waals surface area contributed by atoms with E-state index in [1.807, 2.05) is 6.20 Å². The molecule has 21 heavy (non-hydrogen) atoms. The third-order valence-electron chi connectivity index (χ3n) is 4.75. The Kier molecular flexibility index (Phi) is 5.83. The number of nitrogens with one attached hydrogen (secondary N) is 1.